The van der Waals surface area contributed by atoms with Crippen LogP contribution in [-0.4, -0.2) is 26.5 Å². The molecule has 5 nitrogen and oxygen atoms in total. The minimum atomic E-state index is -0.467. The summed E-state index contributed by atoms with van der Waals surface area (Å²) in [6, 6.07) is 7.46. The Bertz CT molecular complexity index is 476. The molecular formula is C16H20O5. The lowest BCUT2D eigenvalue weighted by molar-refractivity contribution is -0.135. The lowest BCUT2D eigenvalue weighted by Crippen LogP contribution is -2.01. The summed E-state index contributed by atoms with van der Waals surface area (Å²) >= 11 is 0. The van der Waals surface area contributed by atoms with E-state index in [1.807, 2.05) is 24.3 Å². The average molecular weight is 292 g/mol. The van der Waals surface area contributed by atoms with Crippen LogP contribution >= 0.6 is 0 Å². The number of hydrogen-bond acceptors (Lipinski definition) is 5. The maximum atomic E-state index is 11.3. The lowest BCUT2D eigenvalue weighted by atomic mass is 10.2. The Morgan fingerprint density at radius 1 is 1.19 bits per heavy atom. The van der Waals surface area contributed by atoms with Gasteiger partial charge in [0.1, 0.15) is 24.4 Å². The number of carbonyl (C=O) groups is 2. The van der Waals surface area contributed by atoms with Gasteiger partial charge in [0.25, 0.3) is 0 Å². The maximum Gasteiger partial charge on any atom is 0.333 e. The summed E-state index contributed by atoms with van der Waals surface area (Å²) in [7, 11) is 2.92. The van der Waals surface area contributed by atoms with E-state index in [9.17, 15) is 9.59 Å². The van der Waals surface area contributed by atoms with Crippen molar-refractivity contribution in [1.29, 1.82) is 0 Å². The number of methoxy groups -OCH3 is 2. The molecule has 0 fully saturated rings. The van der Waals surface area contributed by atoms with E-state index >= 15 is 0 Å². The zero-order chi connectivity index (χ0) is 15.5. The third-order valence-electron chi connectivity index (χ3n) is 2.81. The van der Waals surface area contributed by atoms with Gasteiger partial charge in [0.15, 0.2) is 0 Å². The topological polar surface area (TPSA) is 61.8 Å². The Labute approximate surface area is 124 Å². The van der Waals surface area contributed by atoms with Gasteiger partial charge in [-0.25, -0.2) is 4.79 Å². The molecule has 0 atom stereocenters. The van der Waals surface area contributed by atoms with Gasteiger partial charge in [-0.2, -0.15) is 0 Å². The van der Waals surface area contributed by atoms with Crippen molar-refractivity contribution in [2.75, 3.05) is 14.2 Å². The number of hydrogen-bond donors (Lipinski definition) is 0. The molecule has 0 N–H and O–H groups in total. The average Bonchev–Trinajstić information content (AvgIpc) is 2.52. The van der Waals surface area contributed by atoms with Crippen LogP contribution in [0.2, 0.25) is 0 Å². The first kappa shape index (κ1) is 16.8. The fourth-order valence-electron chi connectivity index (χ4n) is 1.63. The fourth-order valence-corrected chi connectivity index (χ4v) is 1.63. The van der Waals surface area contributed by atoms with Crippen molar-refractivity contribution in [3.05, 3.63) is 41.7 Å². The Hall–Kier alpha value is -2.30. The summed E-state index contributed by atoms with van der Waals surface area (Å²) in [6.45, 7) is 0.341. The van der Waals surface area contributed by atoms with Crippen molar-refractivity contribution >= 4 is 12.3 Å². The number of esters is 1. The van der Waals surface area contributed by atoms with Crippen LogP contribution in [0, 0.1) is 0 Å². The molecule has 1 aromatic rings. The first-order chi connectivity index (χ1) is 10.2. The number of unbranched alkanes of at least 4 members (excludes halogenated alkanes) is 1. The number of rotatable bonds is 9. The second-order valence-corrected chi connectivity index (χ2v) is 4.33. The summed E-state index contributed by atoms with van der Waals surface area (Å²) in [4.78, 5) is 21.6. The van der Waals surface area contributed by atoms with E-state index in [-0.39, 0.29) is 0 Å². The number of benzene rings is 1. The molecule has 0 radical (unpaired) electrons. The van der Waals surface area contributed by atoms with E-state index in [0.717, 1.165) is 17.6 Å². The van der Waals surface area contributed by atoms with Gasteiger partial charge in [-0.05, 0) is 24.1 Å². The lowest BCUT2D eigenvalue weighted by Gasteiger charge is -2.10. The number of aldehydes is 1. The number of carbonyl (C=O) groups excluding carboxylic acids is 2. The Balaban J connectivity index is 2.60. The Morgan fingerprint density at radius 3 is 2.48 bits per heavy atom. The highest BCUT2D eigenvalue weighted by Gasteiger charge is 2.05. The molecule has 1 aromatic carbocycles. The van der Waals surface area contributed by atoms with E-state index in [1.54, 1.807) is 7.11 Å². The van der Waals surface area contributed by atoms with Gasteiger partial charge in [-0.3, -0.25) is 0 Å². The van der Waals surface area contributed by atoms with E-state index < -0.39 is 5.97 Å². The minimum Gasteiger partial charge on any atom is -0.497 e. The normalized spacial score (nSPS) is 10.9. The van der Waals surface area contributed by atoms with Crippen LogP contribution in [0.15, 0.2) is 36.1 Å². The molecule has 0 spiro atoms. The fraction of sp³-hybridized carbons (Fsp3) is 0.375. The minimum absolute atomic E-state index is 0.341. The Morgan fingerprint density at radius 2 is 1.90 bits per heavy atom. The third-order valence-corrected chi connectivity index (χ3v) is 2.81. The quantitative estimate of drug-likeness (QED) is 0.230. The molecule has 0 saturated heterocycles. The summed E-state index contributed by atoms with van der Waals surface area (Å²) < 4.78 is 15.3. The third kappa shape index (κ3) is 6.61. The van der Waals surface area contributed by atoms with Gasteiger partial charge in [0, 0.05) is 12.8 Å². The molecule has 0 aliphatic carbocycles. The summed E-state index contributed by atoms with van der Waals surface area (Å²) in [5.74, 6) is 0.820. The number of allylic oxidation sites excluding steroid dienone is 1. The van der Waals surface area contributed by atoms with Crippen molar-refractivity contribution in [1.82, 2.24) is 0 Å². The molecule has 5 heteroatoms. The van der Waals surface area contributed by atoms with Gasteiger partial charge >= 0.3 is 5.97 Å². The highest BCUT2D eigenvalue weighted by Crippen LogP contribution is 2.15. The molecule has 0 amide bonds. The Kier molecular flexibility index (Phi) is 7.64. The highest BCUT2D eigenvalue weighted by atomic mass is 16.5. The maximum absolute atomic E-state index is 11.3. The van der Waals surface area contributed by atoms with Crippen LogP contribution in [0.3, 0.4) is 0 Å². The van der Waals surface area contributed by atoms with E-state index in [0.29, 0.717) is 31.6 Å². The zero-order valence-corrected chi connectivity index (χ0v) is 12.3. The summed E-state index contributed by atoms with van der Waals surface area (Å²) in [5.41, 5.74) is 0.960. The molecule has 0 unspecified atom stereocenters. The van der Waals surface area contributed by atoms with Crippen molar-refractivity contribution in [2.24, 2.45) is 0 Å². The molecule has 0 saturated carbocycles. The van der Waals surface area contributed by atoms with Crippen LogP contribution < -0.4 is 4.74 Å². The highest BCUT2D eigenvalue weighted by molar-refractivity contribution is 5.82. The van der Waals surface area contributed by atoms with Crippen molar-refractivity contribution in [3.8, 4) is 5.75 Å². The van der Waals surface area contributed by atoms with Crippen LogP contribution in [-0.2, 0) is 25.7 Å². The summed E-state index contributed by atoms with van der Waals surface area (Å²) in [5, 5.41) is 0. The van der Waals surface area contributed by atoms with E-state index in [4.69, 9.17) is 9.47 Å². The molecular weight excluding hydrogens is 272 g/mol. The molecule has 0 aliphatic heterocycles. The molecule has 0 bridgehead atoms. The summed E-state index contributed by atoms with van der Waals surface area (Å²) in [6.07, 6.45) is 3.75. The van der Waals surface area contributed by atoms with Crippen molar-refractivity contribution in [2.45, 2.75) is 25.9 Å². The molecule has 21 heavy (non-hydrogen) atoms. The van der Waals surface area contributed by atoms with Crippen LogP contribution in [0.25, 0.3) is 0 Å². The standard InChI is InChI=1S/C16H20O5/c1-19-14-8-6-13(7-9-14)12-21-15(5-3-4-10-17)11-16(18)20-2/h6-11H,3-5,12H2,1-2H3/b15-11-. The SMILES string of the molecule is COC(=O)/C=C(/CCCC=O)OCc1ccc(OC)cc1. The van der Waals surface area contributed by atoms with Crippen LogP contribution in [0.1, 0.15) is 24.8 Å². The zero-order valence-electron chi connectivity index (χ0n) is 12.3. The first-order valence-corrected chi connectivity index (χ1v) is 6.67. The van der Waals surface area contributed by atoms with Gasteiger partial charge in [0.05, 0.1) is 20.3 Å². The monoisotopic (exact) mass is 292 g/mol. The predicted molar refractivity (Wildman–Crippen MR) is 77.8 cm³/mol. The van der Waals surface area contributed by atoms with Crippen LogP contribution in [0.5, 0.6) is 5.75 Å². The smallest absolute Gasteiger partial charge is 0.333 e. The predicted octanol–water partition coefficient (Wildman–Crippen LogP) is 2.64. The molecule has 0 aromatic heterocycles. The van der Waals surface area contributed by atoms with Crippen LogP contribution in [0.4, 0.5) is 0 Å². The molecule has 0 heterocycles. The molecule has 1 rings (SSSR count). The molecule has 0 aliphatic rings. The van der Waals surface area contributed by atoms with Crippen molar-refractivity contribution < 1.29 is 23.8 Å². The second kappa shape index (κ2) is 9.58. The second-order valence-electron chi connectivity index (χ2n) is 4.33. The largest absolute Gasteiger partial charge is 0.497 e. The molecule has 114 valence electrons. The first-order valence-electron chi connectivity index (χ1n) is 6.67. The van der Waals surface area contributed by atoms with Gasteiger partial charge in [-0.1, -0.05) is 12.1 Å². The van der Waals surface area contributed by atoms with E-state index in [2.05, 4.69) is 4.74 Å². The van der Waals surface area contributed by atoms with Crippen molar-refractivity contribution in [3.63, 3.8) is 0 Å². The number of ether oxygens (including phenoxy) is 3. The van der Waals surface area contributed by atoms with Gasteiger partial charge in [-0.15, -0.1) is 0 Å². The van der Waals surface area contributed by atoms with Gasteiger partial charge < -0.3 is 19.0 Å². The van der Waals surface area contributed by atoms with E-state index in [1.165, 1.54) is 13.2 Å². The van der Waals surface area contributed by atoms with Gasteiger partial charge in [0.2, 0.25) is 0 Å².